The second-order valence-electron chi connectivity index (χ2n) is 6.63. The Kier molecular flexibility index (Phi) is 7.17. The maximum Gasteiger partial charge on any atom is 0.341 e. The molecule has 1 amide bonds. The number of phenols is 1. The Morgan fingerprint density at radius 2 is 1.56 bits per heavy atom. The molecule has 0 saturated carbocycles. The van der Waals surface area contributed by atoms with Gasteiger partial charge in [0, 0.05) is 5.56 Å². The molecule has 0 bridgehead atoms. The van der Waals surface area contributed by atoms with Crippen molar-refractivity contribution in [3.63, 3.8) is 0 Å². The number of esters is 1. The minimum Gasteiger partial charge on any atom is -0.505 e. The third kappa shape index (κ3) is 4.92. The van der Waals surface area contributed by atoms with Crippen LogP contribution in [0.3, 0.4) is 0 Å². The number of para-hydroxylation sites is 1. The number of ether oxygens (including phenoxy) is 4. The molecule has 0 atom stereocenters. The highest BCUT2D eigenvalue weighted by atomic mass is 16.5. The normalized spacial score (nSPS) is 10.2. The number of aromatic hydroxyl groups is 1. The van der Waals surface area contributed by atoms with Crippen LogP contribution in [0.5, 0.6) is 23.0 Å². The lowest BCUT2D eigenvalue weighted by atomic mass is 10.1. The van der Waals surface area contributed by atoms with Crippen molar-refractivity contribution in [3.8, 4) is 23.0 Å². The van der Waals surface area contributed by atoms with Crippen LogP contribution >= 0.6 is 0 Å². The molecule has 2 N–H and O–H groups in total. The van der Waals surface area contributed by atoms with E-state index in [4.69, 9.17) is 14.2 Å². The van der Waals surface area contributed by atoms with E-state index in [1.165, 1.54) is 51.7 Å². The SMILES string of the molecule is COC(=O)c1cccc(NC(=O)c2cc(OC)c(OCc3ccccc3)c(OC)c2)c1O. The Morgan fingerprint density at radius 3 is 2.16 bits per heavy atom. The van der Waals surface area contributed by atoms with E-state index in [-0.39, 0.29) is 23.4 Å². The van der Waals surface area contributed by atoms with Gasteiger partial charge >= 0.3 is 5.97 Å². The first kappa shape index (κ1) is 22.5. The van der Waals surface area contributed by atoms with Crippen molar-refractivity contribution >= 4 is 17.6 Å². The van der Waals surface area contributed by atoms with Gasteiger partial charge < -0.3 is 29.4 Å². The number of nitrogens with one attached hydrogen (secondary N) is 1. The minimum atomic E-state index is -0.721. The third-order valence-corrected chi connectivity index (χ3v) is 4.64. The first-order valence-electron chi connectivity index (χ1n) is 9.62. The van der Waals surface area contributed by atoms with Gasteiger partial charge in [-0.2, -0.15) is 0 Å². The molecule has 8 nitrogen and oxygen atoms in total. The number of carbonyl (C=O) groups excluding carboxylic acids is 2. The van der Waals surface area contributed by atoms with E-state index < -0.39 is 17.6 Å². The van der Waals surface area contributed by atoms with Crippen molar-refractivity contribution in [1.82, 2.24) is 0 Å². The van der Waals surface area contributed by atoms with Crippen LogP contribution in [0.15, 0.2) is 60.7 Å². The summed E-state index contributed by atoms with van der Waals surface area (Å²) < 4.78 is 21.3. The molecule has 0 aromatic heterocycles. The highest BCUT2D eigenvalue weighted by Crippen LogP contribution is 2.39. The smallest absolute Gasteiger partial charge is 0.341 e. The molecule has 0 spiro atoms. The number of methoxy groups -OCH3 is 3. The Bertz CT molecular complexity index is 1090. The van der Waals surface area contributed by atoms with Crippen LogP contribution < -0.4 is 19.5 Å². The van der Waals surface area contributed by atoms with Crippen molar-refractivity contribution in [2.45, 2.75) is 6.61 Å². The maximum atomic E-state index is 12.9. The summed E-state index contributed by atoms with van der Waals surface area (Å²) in [6.07, 6.45) is 0. The number of anilines is 1. The van der Waals surface area contributed by atoms with Crippen molar-refractivity contribution in [3.05, 3.63) is 77.4 Å². The lowest BCUT2D eigenvalue weighted by molar-refractivity contribution is 0.0597. The number of benzene rings is 3. The standard InChI is InChI=1S/C24H23NO7/c1-29-19-12-16(13-20(30-2)22(19)32-14-15-8-5-4-6-9-15)23(27)25-18-11-7-10-17(21(18)26)24(28)31-3/h4-13,26H,14H2,1-3H3,(H,25,27). The molecule has 8 heteroatoms. The molecular formula is C24H23NO7. The molecule has 3 aromatic carbocycles. The summed E-state index contributed by atoms with van der Waals surface area (Å²) in [7, 11) is 4.11. The summed E-state index contributed by atoms with van der Waals surface area (Å²) in [6.45, 7) is 0.285. The molecule has 0 saturated heterocycles. The van der Waals surface area contributed by atoms with Gasteiger partial charge in [-0.25, -0.2) is 4.79 Å². The van der Waals surface area contributed by atoms with E-state index in [0.29, 0.717) is 17.2 Å². The second-order valence-corrected chi connectivity index (χ2v) is 6.63. The summed E-state index contributed by atoms with van der Waals surface area (Å²) in [5.41, 5.74) is 1.15. The van der Waals surface area contributed by atoms with Gasteiger partial charge in [0.15, 0.2) is 17.2 Å². The summed E-state index contributed by atoms with van der Waals surface area (Å²) in [5, 5.41) is 12.9. The minimum absolute atomic E-state index is 0.0558. The highest BCUT2D eigenvalue weighted by molar-refractivity contribution is 6.07. The number of carbonyl (C=O) groups is 2. The van der Waals surface area contributed by atoms with Crippen LogP contribution in [0.25, 0.3) is 0 Å². The summed E-state index contributed by atoms with van der Waals surface area (Å²) in [4.78, 5) is 24.6. The Balaban J connectivity index is 1.87. The van der Waals surface area contributed by atoms with Gasteiger partial charge in [-0.15, -0.1) is 0 Å². The predicted octanol–water partition coefficient (Wildman–Crippen LogP) is 4.03. The zero-order valence-electron chi connectivity index (χ0n) is 17.9. The molecule has 3 aromatic rings. The van der Waals surface area contributed by atoms with E-state index >= 15 is 0 Å². The number of phenolic OH excluding ortho intramolecular Hbond substituents is 1. The lowest BCUT2D eigenvalue weighted by Crippen LogP contribution is -2.14. The lowest BCUT2D eigenvalue weighted by Gasteiger charge is -2.16. The fourth-order valence-corrected chi connectivity index (χ4v) is 3.00. The van der Waals surface area contributed by atoms with Gasteiger partial charge in [-0.1, -0.05) is 36.4 Å². The average Bonchev–Trinajstić information content (AvgIpc) is 2.83. The zero-order chi connectivity index (χ0) is 23.1. The van der Waals surface area contributed by atoms with Gasteiger partial charge in [0.25, 0.3) is 5.91 Å². The molecule has 32 heavy (non-hydrogen) atoms. The molecule has 3 rings (SSSR count). The van der Waals surface area contributed by atoms with Crippen LogP contribution in [0.4, 0.5) is 5.69 Å². The first-order valence-corrected chi connectivity index (χ1v) is 9.62. The van der Waals surface area contributed by atoms with Crippen LogP contribution in [0, 0.1) is 0 Å². The van der Waals surface area contributed by atoms with Gasteiger partial charge in [0.1, 0.15) is 12.2 Å². The zero-order valence-corrected chi connectivity index (χ0v) is 17.9. The topological polar surface area (TPSA) is 103 Å². The van der Waals surface area contributed by atoms with Gasteiger partial charge in [-0.05, 0) is 29.8 Å². The summed E-state index contributed by atoms with van der Waals surface area (Å²) >= 11 is 0. The number of amides is 1. The monoisotopic (exact) mass is 437 g/mol. The molecule has 0 aliphatic carbocycles. The molecule has 0 aliphatic heterocycles. The molecule has 166 valence electrons. The van der Waals surface area contributed by atoms with E-state index in [0.717, 1.165) is 5.56 Å². The van der Waals surface area contributed by atoms with Gasteiger partial charge in [0.05, 0.1) is 27.0 Å². The van der Waals surface area contributed by atoms with Crippen LogP contribution in [0.2, 0.25) is 0 Å². The van der Waals surface area contributed by atoms with Crippen molar-refractivity contribution in [1.29, 1.82) is 0 Å². The molecule has 0 heterocycles. The molecule has 0 radical (unpaired) electrons. The summed E-state index contributed by atoms with van der Waals surface area (Å²) in [6, 6.07) is 17.0. The first-order chi connectivity index (χ1) is 15.5. The maximum absolute atomic E-state index is 12.9. The Labute approximate surface area is 185 Å². The van der Waals surface area contributed by atoms with Gasteiger partial charge in [0.2, 0.25) is 5.75 Å². The van der Waals surface area contributed by atoms with Crippen LogP contribution in [-0.4, -0.2) is 38.3 Å². The van der Waals surface area contributed by atoms with Gasteiger partial charge in [-0.3, -0.25) is 4.79 Å². The Morgan fingerprint density at radius 1 is 0.906 bits per heavy atom. The Hall–Kier alpha value is -4.20. The third-order valence-electron chi connectivity index (χ3n) is 4.64. The predicted molar refractivity (Wildman–Crippen MR) is 118 cm³/mol. The van der Waals surface area contributed by atoms with Crippen LogP contribution in [-0.2, 0) is 11.3 Å². The number of rotatable bonds is 8. The molecular weight excluding hydrogens is 414 g/mol. The quantitative estimate of drug-likeness (QED) is 0.405. The van der Waals surface area contributed by atoms with Crippen molar-refractivity contribution in [2.24, 2.45) is 0 Å². The second kappa shape index (κ2) is 10.2. The number of hydrogen-bond acceptors (Lipinski definition) is 7. The molecule has 0 unspecified atom stereocenters. The number of hydrogen-bond donors (Lipinski definition) is 2. The molecule has 0 aliphatic rings. The average molecular weight is 437 g/mol. The van der Waals surface area contributed by atoms with E-state index in [1.807, 2.05) is 30.3 Å². The molecule has 0 fully saturated rings. The van der Waals surface area contributed by atoms with E-state index in [2.05, 4.69) is 10.1 Å². The fourth-order valence-electron chi connectivity index (χ4n) is 3.00. The summed E-state index contributed by atoms with van der Waals surface area (Å²) in [5.74, 6) is -0.702. The van der Waals surface area contributed by atoms with Crippen molar-refractivity contribution in [2.75, 3.05) is 26.6 Å². The van der Waals surface area contributed by atoms with Crippen LogP contribution in [0.1, 0.15) is 26.3 Å². The fraction of sp³-hybridized carbons (Fsp3) is 0.167. The van der Waals surface area contributed by atoms with E-state index in [9.17, 15) is 14.7 Å². The van der Waals surface area contributed by atoms with Crippen molar-refractivity contribution < 1.29 is 33.6 Å². The van der Waals surface area contributed by atoms with E-state index in [1.54, 1.807) is 0 Å². The largest absolute Gasteiger partial charge is 0.505 e. The highest BCUT2D eigenvalue weighted by Gasteiger charge is 2.20.